The number of urea groups is 1. The van der Waals surface area contributed by atoms with Crippen molar-refractivity contribution in [1.82, 2.24) is 19.6 Å². The number of benzene rings is 1. The van der Waals surface area contributed by atoms with Crippen molar-refractivity contribution < 1.29 is 22.8 Å². The van der Waals surface area contributed by atoms with Crippen LogP contribution >= 0.6 is 0 Å². The molecule has 0 unspecified atom stereocenters. The number of amides is 3. The highest BCUT2D eigenvalue weighted by atomic mass is 19.4. The monoisotopic (exact) mass is 459 g/mol. The van der Waals surface area contributed by atoms with Crippen LogP contribution in [0.25, 0.3) is 5.65 Å². The summed E-state index contributed by atoms with van der Waals surface area (Å²) in [5.74, 6) is -0.698. The van der Waals surface area contributed by atoms with Gasteiger partial charge in [-0.25, -0.2) is 9.78 Å². The summed E-state index contributed by atoms with van der Waals surface area (Å²) in [6.07, 6.45) is 0.774. The van der Waals surface area contributed by atoms with Crippen molar-refractivity contribution in [2.24, 2.45) is 0 Å². The highest BCUT2D eigenvalue weighted by molar-refractivity contribution is 5.89. The number of nitrogens with one attached hydrogen (secondary N) is 2. The van der Waals surface area contributed by atoms with E-state index < -0.39 is 18.5 Å². The van der Waals surface area contributed by atoms with E-state index >= 15 is 0 Å². The number of halogens is 3. The van der Waals surface area contributed by atoms with Gasteiger partial charge in [0.2, 0.25) is 5.91 Å². The lowest BCUT2D eigenvalue weighted by Crippen LogP contribution is -2.39. The number of likely N-dealkylation sites (tertiary alicyclic amines) is 1. The molecule has 1 fully saturated rings. The molecule has 0 spiro atoms. The first-order valence-electron chi connectivity index (χ1n) is 10.7. The molecule has 3 heterocycles. The molecule has 3 amide bonds. The lowest BCUT2D eigenvalue weighted by Gasteiger charge is -2.32. The van der Waals surface area contributed by atoms with Gasteiger partial charge >= 0.3 is 12.2 Å². The number of nitrogens with zero attached hydrogens (tertiary/aromatic N) is 3. The van der Waals surface area contributed by atoms with E-state index in [1.165, 1.54) is 4.90 Å². The minimum atomic E-state index is -4.48. The number of alkyl halides is 3. The highest BCUT2D eigenvalue weighted by Crippen LogP contribution is 2.30. The molecule has 1 aromatic carbocycles. The summed E-state index contributed by atoms with van der Waals surface area (Å²) < 4.78 is 39.2. The standard InChI is InChI=1S/C23H24F3N5O2/c24-23(25,26)14-21(32)31-10-6-18(7-11-31)17-1-3-19(4-2-17)29-22(33)28-15-16-5-9-30-12-8-27-20(30)13-16/h1-5,8-9,12-13,18H,6-7,10-11,14-15H2,(H2,28,29,33). The van der Waals surface area contributed by atoms with Crippen molar-refractivity contribution in [3.05, 3.63) is 66.1 Å². The van der Waals surface area contributed by atoms with E-state index in [9.17, 15) is 22.8 Å². The maximum atomic E-state index is 12.4. The van der Waals surface area contributed by atoms with Gasteiger partial charge in [0.05, 0.1) is 0 Å². The van der Waals surface area contributed by atoms with E-state index in [4.69, 9.17) is 0 Å². The molecule has 1 aliphatic rings. The molecular formula is C23H24F3N5O2. The van der Waals surface area contributed by atoms with Crippen LogP contribution in [0.5, 0.6) is 0 Å². The lowest BCUT2D eigenvalue weighted by atomic mass is 9.89. The van der Waals surface area contributed by atoms with Crippen LogP contribution < -0.4 is 10.6 Å². The molecule has 174 valence electrons. The summed E-state index contributed by atoms with van der Waals surface area (Å²) >= 11 is 0. The fourth-order valence-electron chi connectivity index (χ4n) is 4.00. The number of anilines is 1. The quantitative estimate of drug-likeness (QED) is 0.597. The number of aromatic nitrogens is 2. The van der Waals surface area contributed by atoms with Crippen LogP contribution in [0.3, 0.4) is 0 Å². The van der Waals surface area contributed by atoms with Crippen LogP contribution in [0, 0.1) is 0 Å². The molecule has 1 aliphatic heterocycles. The normalized spacial score (nSPS) is 14.9. The Balaban J connectivity index is 1.24. The second kappa shape index (κ2) is 9.51. The Morgan fingerprint density at radius 2 is 1.79 bits per heavy atom. The van der Waals surface area contributed by atoms with Gasteiger partial charge < -0.3 is 19.9 Å². The van der Waals surface area contributed by atoms with Gasteiger partial charge in [-0.2, -0.15) is 13.2 Å². The van der Waals surface area contributed by atoms with E-state index in [0.717, 1.165) is 16.8 Å². The zero-order chi connectivity index (χ0) is 23.4. The summed E-state index contributed by atoms with van der Waals surface area (Å²) in [6.45, 7) is 0.984. The second-order valence-corrected chi connectivity index (χ2v) is 8.10. The molecule has 10 heteroatoms. The van der Waals surface area contributed by atoms with E-state index in [1.54, 1.807) is 18.3 Å². The van der Waals surface area contributed by atoms with Crippen molar-refractivity contribution in [1.29, 1.82) is 0 Å². The predicted octanol–water partition coefficient (Wildman–Crippen LogP) is 4.31. The minimum absolute atomic E-state index is 0.167. The number of fused-ring (bicyclic) bond motifs is 1. The molecule has 4 rings (SSSR count). The average Bonchev–Trinajstić information content (AvgIpc) is 3.25. The Morgan fingerprint density at radius 1 is 1.06 bits per heavy atom. The smallest absolute Gasteiger partial charge is 0.342 e. The largest absolute Gasteiger partial charge is 0.397 e. The Labute approximate surface area is 188 Å². The van der Waals surface area contributed by atoms with Gasteiger partial charge in [0.1, 0.15) is 12.1 Å². The van der Waals surface area contributed by atoms with Gasteiger partial charge in [0, 0.05) is 43.9 Å². The molecule has 3 aromatic rings. The van der Waals surface area contributed by atoms with Crippen LogP contribution in [0.4, 0.5) is 23.7 Å². The van der Waals surface area contributed by atoms with E-state index in [2.05, 4.69) is 15.6 Å². The van der Waals surface area contributed by atoms with Crippen molar-refractivity contribution in [3.63, 3.8) is 0 Å². The minimum Gasteiger partial charge on any atom is -0.342 e. The maximum Gasteiger partial charge on any atom is 0.397 e. The zero-order valence-corrected chi connectivity index (χ0v) is 17.8. The number of carbonyl (C=O) groups excluding carboxylic acids is 2. The van der Waals surface area contributed by atoms with Crippen molar-refractivity contribution in [2.45, 2.75) is 37.9 Å². The fourth-order valence-corrected chi connectivity index (χ4v) is 4.00. The Hall–Kier alpha value is -3.56. The fraction of sp³-hybridized carbons (Fsp3) is 0.348. The number of carbonyl (C=O) groups is 2. The van der Waals surface area contributed by atoms with E-state index in [0.29, 0.717) is 38.2 Å². The molecular weight excluding hydrogens is 435 g/mol. The van der Waals surface area contributed by atoms with Crippen LogP contribution in [-0.2, 0) is 11.3 Å². The lowest BCUT2D eigenvalue weighted by molar-refractivity contribution is -0.162. The third-order valence-electron chi connectivity index (χ3n) is 5.75. The van der Waals surface area contributed by atoms with Crippen LogP contribution in [0.2, 0.25) is 0 Å². The Bertz CT molecular complexity index is 1120. The third kappa shape index (κ3) is 6.03. The summed E-state index contributed by atoms with van der Waals surface area (Å²) in [7, 11) is 0. The number of piperidine rings is 1. The summed E-state index contributed by atoms with van der Waals surface area (Å²) in [5, 5.41) is 5.60. The molecule has 0 atom stereocenters. The Kier molecular flexibility index (Phi) is 6.52. The second-order valence-electron chi connectivity index (χ2n) is 8.10. The van der Waals surface area contributed by atoms with E-state index in [-0.39, 0.29) is 11.9 Å². The molecule has 33 heavy (non-hydrogen) atoms. The molecule has 2 N–H and O–H groups in total. The highest BCUT2D eigenvalue weighted by Gasteiger charge is 2.34. The van der Waals surface area contributed by atoms with Crippen LogP contribution in [-0.4, -0.2) is 45.5 Å². The van der Waals surface area contributed by atoms with Crippen molar-refractivity contribution >= 4 is 23.3 Å². The topological polar surface area (TPSA) is 78.7 Å². The van der Waals surface area contributed by atoms with Crippen LogP contribution in [0.1, 0.15) is 36.3 Å². The van der Waals surface area contributed by atoms with Gasteiger partial charge in [-0.15, -0.1) is 0 Å². The molecule has 0 aliphatic carbocycles. The van der Waals surface area contributed by atoms with Gasteiger partial charge in [-0.05, 0) is 54.2 Å². The van der Waals surface area contributed by atoms with Crippen molar-refractivity contribution in [3.8, 4) is 0 Å². The van der Waals surface area contributed by atoms with E-state index in [1.807, 2.05) is 41.1 Å². The molecule has 0 radical (unpaired) electrons. The summed E-state index contributed by atoms with van der Waals surface area (Å²) in [4.78, 5) is 29.5. The SMILES string of the molecule is O=C(NCc1ccn2ccnc2c1)Nc1ccc(C2CCN(C(=O)CC(F)(F)F)CC2)cc1. The van der Waals surface area contributed by atoms with Gasteiger partial charge in [-0.1, -0.05) is 12.1 Å². The molecule has 7 nitrogen and oxygen atoms in total. The van der Waals surface area contributed by atoms with Crippen LogP contribution in [0.15, 0.2) is 55.0 Å². The molecule has 0 saturated carbocycles. The molecule has 1 saturated heterocycles. The van der Waals surface area contributed by atoms with Gasteiger partial charge in [0.25, 0.3) is 0 Å². The number of imidazole rings is 1. The first kappa shape index (κ1) is 22.6. The summed E-state index contributed by atoms with van der Waals surface area (Å²) in [5.41, 5.74) is 3.41. The average molecular weight is 459 g/mol. The third-order valence-corrected chi connectivity index (χ3v) is 5.75. The molecule has 0 bridgehead atoms. The van der Waals surface area contributed by atoms with Gasteiger partial charge in [0.15, 0.2) is 0 Å². The maximum absolute atomic E-state index is 12.4. The molecule has 2 aromatic heterocycles. The Morgan fingerprint density at radius 3 is 2.48 bits per heavy atom. The zero-order valence-electron chi connectivity index (χ0n) is 17.8. The van der Waals surface area contributed by atoms with Crippen molar-refractivity contribution in [2.75, 3.05) is 18.4 Å². The first-order chi connectivity index (χ1) is 15.8. The number of hydrogen-bond donors (Lipinski definition) is 2. The number of pyridine rings is 1. The number of hydrogen-bond acceptors (Lipinski definition) is 3. The summed E-state index contributed by atoms with van der Waals surface area (Å²) in [6, 6.07) is 10.9. The van der Waals surface area contributed by atoms with Gasteiger partial charge in [-0.3, -0.25) is 4.79 Å². The first-order valence-corrected chi connectivity index (χ1v) is 10.7. The predicted molar refractivity (Wildman–Crippen MR) is 117 cm³/mol. The number of rotatable bonds is 5.